The van der Waals surface area contributed by atoms with Crippen LogP contribution in [0.1, 0.15) is 44.5 Å². The minimum atomic E-state index is -0.552. The predicted octanol–water partition coefficient (Wildman–Crippen LogP) is 2.37. The van der Waals surface area contributed by atoms with Crippen molar-refractivity contribution in [3.63, 3.8) is 0 Å². The second kappa shape index (κ2) is 6.76. The molecule has 0 unspecified atom stereocenters. The summed E-state index contributed by atoms with van der Waals surface area (Å²) in [6, 6.07) is 8.76. The van der Waals surface area contributed by atoms with Gasteiger partial charge < -0.3 is 0 Å². The average Bonchev–Trinajstić information content (AvgIpc) is 2.41. The molecule has 0 aliphatic carbocycles. The molecule has 0 bridgehead atoms. The summed E-state index contributed by atoms with van der Waals surface area (Å²) in [5.41, 5.74) is 2.57. The molecular formula is C16H20N2O2. The number of hydrogen-bond acceptors (Lipinski definition) is 2. The summed E-state index contributed by atoms with van der Waals surface area (Å²) in [6.45, 7) is 7.38. The van der Waals surface area contributed by atoms with Gasteiger partial charge in [0, 0.05) is 12.0 Å². The quantitative estimate of drug-likeness (QED) is 0.630. The Kier molecular flexibility index (Phi) is 5.33. The number of nitrogens with one attached hydrogen (secondary N) is 1. The fourth-order valence-electron chi connectivity index (χ4n) is 1.50. The number of benzene rings is 1. The van der Waals surface area contributed by atoms with Gasteiger partial charge in [0.05, 0.1) is 5.54 Å². The van der Waals surface area contributed by atoms with Crippen molar-refractivity contribution >= 4 is 11.8 Å². The van der Waals surface area contributed by atoms with Crippen molar-refractivity contribution in [3.05, 3.63) is 35.9 Å². The van der Waals surface area contributed by atoms with E-state index >= 15 is 0 Å². The number of hydrazine groups is 1. The first kappa shape index (κ1) is 15.8. The van der Waals surface area contributed by atoms with Crippen molar-refractivity contribution in [1.82, 2.24) is 10.4 Å². The van der Waals surface area contributed by atoms with E-state index in [0.717, 1.165) is 0 Å². The molecule has 106 valence electrons. The average molecular weight is 272 g/mol. The van der Waals surface area contributed by atoms with Crippen molar-refractivity contribution in [2.45, 2.75) is 39.7 Å². The Balaban J connectivity index is 2.92. The number of amides is 2. The lowest BCUT2D eigenvalue weighted by molar-refractivity contribution is -0.132. The summed E-state index contributed by atoms with van der Waals surface area (Å²) < 4.78 is 0. The zero-order valence-corrected chi connectivity index (χ0v) is 12.4. The standard InChI is InChI=1S/C16H20N2O2/c1-5-6-12-14(19)18(16(2,3)4)17-15(20)13-10-8-7-9-11-13/h7-11H,5H2,1-4H3,(H,17,20). The second-order valence-corrected chi connectivity index (χ2v) is 5.27. The van der Waals surface area contributed by atoms with Crippen LogP contribution in [-0.2, 0) is 4.79 Å². The largest absolute Gasteiger partial charge is 0.317 e. The minimum Gasteiger partial charge on any atom is -0.267 e. The van der Waals surface area contributed by atoms with E-state index in [-0.39, 0.29) is 5.91 Å². The number of carbonyl (C=O) groups is 2. The third-order valence-corrected chi connectivity index (χ3v) is 2.50. The van der Waals surface area contributed by atoms with Gasteiger partial charge in [0.15, 0.2) is 0 Å². The van der Waals surface area contributed by atoms with Crippen LogP contribution in [0.2, 0.25) is 0 Å². The van der Waals surface area contributed by atoms with Crippen LogP contribution in [0.5, 0.6) is 0 Å². The van der Waals surface area contributed by atoms with E-state index in [9.17, 15) is 9.59 Å². The molecule has 4 heteroatoms. The highest BCUT2D eigenvalue weighted by Crippen LogP contribution is 2.11. The van der Waals surface area contributed by atoms with Gasteiger partial charge in [-0.1, -0.05) is 31.0 Å². The van der Waals surface area contributed by atoms with Gasteiger partial charge in [0.1, 0.15) is 0 Å². The first-order chi connectivity index (χ1) is 9.36. The lowest BCUT2D eigenvalue weighted by Gasteiger charge is -2.33. The van der Waals surface area contributed by atoms with Crippen LogP contribution >= 0.6 is 0 Å². The Morgan fingerprint density at radius 1 is 1.20 bits per heavy atom. The van der Waals surface area contributed by atoms with Crippen molar-refractivity contribution < 1.29 is 9.59 Å². The molecule has 4 nitrogen and oxygen atoms in total. The number of rotatable bonds is 1. The summed E-state index contributed by atoms with van der Waals surface area (Å²) in [7, 11) is 0. The number of hydrogen-bond donors (Lipinski definition) is 1. The van der Waals surface area contributed by atoms with Gasteiger partial charge in [0.2, 0.25) is 0 Å². The fraction of sp³-hybridized carbons (Fsp3) is 0.375. The summed E-state index contributed by atoms with van der Waals surface area (Å²) in [5.74, 6) is 4.50. The van der Waals surface area contributed by atoms with Crippen LogP contribution in [0.25, 0.3) is 0 Å². The predicted molar refractivity (Wildman–Crippen MR) is 78.6 cm³/mol. The molecule has 0 radical (unpaired) electrons. The highest BCUT2D eigenvalue weighted by Gasteiger charge is 2.27. The van der Waals surface area contributed by atoms with Crippen LogP contribution in [0.4, 0.5) is 0 Å². The van der Waals surface area contributed by atoms with Gasteiger partial charge in [0.25, 0.3) is 5.91 Å². The van der Waals surface area contributed by atoms with Gasteiger partial charge in [-0.15, -0.1) is 0 Å². The van der Waals surface area contributed by atoms with Crippen molar-refractivity contribution in [1.29, 1.82) is 0 Å². The minimum absolute atomic E-state index is 0.327. The Morgan fingerprint density at radius 2 is 1.80 bits per heavy atom. The molecule has 0 saturated carbocycles. The van der Waals surface area contributed by atoms with E-state index in [1.165, 1.54) is 5.01 Å². The normalized spacial score (nSPS) is 10.2. The lowest BCUT2D eigenvalue weighted by Crippen LogP contribution is -2.55. The Hall–Kier alpha value is -2.28. The second-order valence-electron chi connectivity index (χ2n) is 5.27. The molecule has 0 aromatic heterocycles. The molecule has 1 aromatic rings. The zero-order chi connectivity index (χ0) is 15.2. The van der Waals surface area contributed by atoms with Crippen molar-refractivity contribution in [2.75, 3.05) is 0 Å². The molecule has 20 heavy (non-hydrogen) atoms. The summed E-state index contributed by atoms with van der Waals surface area (Å²) >= 11 is 0. The van der Waals surface area contributed by atoms with Crippen LogP contribution in [0.3, 0.4) is 0 Å². The molecule has 0 atom stereocenters. The monoisotopic (exact) mass is 272 g/mol. The van der Waals surface area contributed by atoms with Gasteiger partial charge in [-0.3, -0.25) is 15.0 Å². The van der Waals surface area contributed by atoms with E-state index in [0.29, 0.717) is 12.0 Å². The van der Waals surface area contributed by atoms with Crippen LogP contribution in [0, 0.1) is 11.8 Å². The maximum absolute atomic E-state index is 12.1. The topological polar surface area (TPSA) is 49.4 Å². The van der Waals surface area contributed by atoms with E-state index in [4.69, 9.17) is 0 Å². The smallest absolute Gasteiger partial charge is 0.267 e. The van der Waals surface area contributed by atoms with Crippen molar-refractivity contribution in [2.24, 2.45) is 0 Å². The zero-order valence-electron chi connectivity index (χ0n) is 12.4. The van der Waals surface area contributed by atoms with E-state index < -0.39 is 11.4 Å². The molecule has 1 N–H and O–H groups in total. The Labute approximate surface area is 120 Å². The molecular weight excluding hydrogens is 252 g/mol. The fourth-order valence-corrected chi connectivity index (χ4v) is 1.50. The SMILES string of the molecule is CCC#CC(=O)N(NC(=O)c1ccccc1)C(C)(C)C. The summed E-state index contributed by atoms with van der Waals surface area (Å²) in [6.07, 6.45) is 0.594. The van der Waals surface area contributed by atoms with Crippen LogP contribution in [-0.4, -0.2) is 22.4 Å². The lowest BCUT2D eigenvalue weighted by atomic mass is 10.1. The molecule has 1 aromatic carbocycles. The molecule has 0 aliphatic rings. The molecule has 0 aliphatic heterocycles. The molecule has 2 amide bonds. The van der Waals surface area contributed by atoms with Gasteiger partial charge in [-0.05, 0) is 38.8 Å². The molecule has 0 saturated heterocycles. The van der Waals surface area contributed by atoms with Gasteiger partial charge in [-0.2, -0.15) is 0 Å². The first-order valence-corrected chi connectivity index (χ1v) is 6.55. The molecule has 0 heterocycles. The summed E-state index contributed by atoms with van der Waals surface area (Å²) in [5, 5.41) is 1.27. The van der Waals surface area contributed by atoms with E-state index in [1.807, 2.05) is 33.8 Å². The number of carbonyl (C=O) groups excluding carboxylic acids is 2. The van der Waals surface area contributed by atoms with Gasteiger partial charge in [-0.25, -0.2) is 5.01 Å². The van der Waals surface area contributed by atoms with Crippen molar-refractivity contribution in [3.8, 4) is 11.8 Å². The van der Waals surface area contributed by atoms with Crippen LogP contribution in [0.15, 0.2) is 30.3 Å². The Bertz CT molecular complexity index is 533. The van der Waals surface area contributed by atoms with E-state index in [1.54, 1.807) is 24.3 Å². The first-order valence-electron chi connectivity index (χ1n) is 6.55. The molecule has 0 fully saturated rings. The highest BCUT2D eigenvalue weighted by atomic mass is 16.2. The van der Waals surface area contributed by atoms with Gasteiger partial charge >= 0.3 is 5.91 Å². The maximum atomic E-state index is 12.1. The maximum Gasteiger partial charge on any atom is 0.317 e. The molecule has 1 rings (SSSR count). The van der Waals surface area contributed by atoms with Crippen LogP contribution < -0.4 is 5.43 Å². The third-order valence-electron chi connectivity index (χ3n) is 2.50. The highest BCUT2D eigenvalue weighted by molar-refractivity contribution is 5.99. The van der Waals surface area contributed by atoms with E-state index in [2.05, 4.69) is 17.3 Å². The molecule has 0 spiro atoms. The Morgan fingerprint density at radius 3 is 2.30 bits per heavy atom. The number of nitrogens with zero attached hydrogens (tertiary/aromatic N) is 1. The summed E-state index contributed by atoms with van der Waals surface area (Å²) in [4.78, 5) is 24.2. The third kappa shape index (κ3) is 4.43.